The molecule has 1 aromatic heterocycles. The maximum atomic E-state index is 10.9. The van der Waals surface area contributed by atoms with Crippen molar-refractivity contribution in [1.29, 1.82) is 0 Å². The van der Waals surface area contributed by atoms with E-state index in [1.54, 1.807) is 6.20 Å². The molecule has 0 unspecified atom stereocenters. The molecule has 5 rings (SSSR count). The van der Waals surface area contributed by atoms with Crippen LogP contribution in [-0.2, 0) is 6.42 Å². The lowest BCUT2D eigenvalue weighted by molar-refractivity contribution is -0.0442. The van der Waals surface area contributed by atoms with Crippen molar-refractivity contribution in [3.05, 3.63) is 72.6 Å². The third-order valence-electron chi connectivity index (χ3n) is 7.10. The fourth-order valence-electron chi connectivity index (χ4n) is 5.20. The van der Waals surface area contributed by atoms with Gasteiger partial charge in [-0.05, 0) is 56.5 Å². The number of aliphatic hydroxyl groups excluding tert-OH is 1. The number of fused-ring (bicyclic) bond motifs is 1. The number of nitrogens with zero attached hydrogens (tertiary/aromatic N) is 3. The van der Waals surface area contributed by atoms with Gasteiger partial charge in [0.25, 0.3) is 0 Å². The molecular formula is C27H33N3O2. The number of hydrogen-bond acceptors (Lipinski definition) is 5. The monoisotopic (exact) mass is 431 g/mol. The number of pyridine rings is 1. The molecule has 2 aromatic carbocycles. The number of likely N-dealkylation sites (tertiary alicyclic amines) is 2. The van der Waals surface area contributed by atoms with Crippen LogP contribution in [0.1, 0.15) is 24.8 Å². The van der Waals surface area contributed by atoms with Gasteiger partial charge >= 0.3 is 0 Å². The molecule has 0 amide bonds. The summed E-state index contributed by atoms with van der Waals surface area (Å²) in [6.07, 6.45) is 7.38. The van der Waals surface area contributed by atoms with Crippen LogP contribution in [0.5, 0.6) is 5.75 Å². The van der Waals surface area contributed by atoms with Crippen LogP contribution in [0.3, 0.4) is 0 Å². The zero-order valence-corrected chi connectivity index (χ0v) is 18.6. The quantitative estimate of drug-likeness (QED) is 0.644. The highest BCUT2D eigenvalue weighted by molar-refractivity contribution is 5.87. The van der Waals surface area contributed by atoms with Gasteiger partial charge in [-0.3, -0.25) is 9.88 Å². The van der Waals surface area contributed by atoms with Crippen LogP contribution in [0.15, 0.2) is 67.0 Å². The van der Waals surface area contributed by atoms with E-state index in [0.29, 0.717) is 12.6 Å². The van der Waals surface area contributed by atoms with Crippen LogP contribution in [0.2, 0.25) is 0 Å². The number of rotatable bonds is 6. The zero-order chi connectivity index (χ0) is 21.8. The first-order chi connectivity index (χ1) is 15.8. The SMILES string of the molecule is O[C@@H]1CN(C2CCN(CCc3ccccc3)CC2)CC[C@H]1Oc1cccc2cnccc12. The fraction of sp³-hybridized carbons (Fsp3) is 0.444. The lowest BCUT2D eigenvalue weighted by Crippen LogP contribution is -2.54. The molecule has 0 saturated carbocycles. The Morgan fingerprint density at radius 2 is 1.78 bits per heavy atom. The number of hydrogen-bond donors (Lipinski definition) is 1. The van der Waals surface area contributed by atoms with Crippen molar-refractivity contribution in [2.75, 3.05) is 32.7 Å². The molecule has 5 nitrogen and oxygen atoms in total. The van der Waals surface area contributed by atoms with E-state index in [2.05, 4.69) is 45.1 Å². The molecule has 3 aromatic rings. The van der Waals surface area contributed by atoms with E-state index in [0.717, 1.165) is 55.5 Å². The molecule has 2 saturated heterocycles. The molecule has 2 aliphatic rings. The van der Waals surface area contributed by atoms with Crippen LogP contribution in [-0.4, -0.2) is 70.9 Å². The fourth-order valence-corrected chi connectivity index (χ4v) is 5.20. The normalized spacial score (nSPS) is 23.4. The average Bonchev–Trinajstić information content (AvgIpc) is 2.85. The third kappa shape index (κ3) is 4.96. The van der Waals surface area contributed by atoms with Crippen LogP contribution in [0, 0.1) is 0 Å². The topological polar surface area (TPSA) is 48.8 Å². The Balaban J connectivity index is 1.11. The Morgan fingerprint density at radius 3 is 2.59 bits per heavy atom. The largest absolute Gasteiger partial charge is 0.487 e. The number of ether oxygens (including phenoxy) is 1. The van der Waals surface area contributed by atoms with Gasteiger partial charge in [0.05, 0.1) is 0 Å². The van der Waals surface area contributed by atoms with E-state index in [-0.39, 0.29) is 6.10 Å². The van der Waals surface area contributed by atoms with E-state index in [9.17, 15) is 5.11 Å². The molecule has 2 fully saturated rings. The molecule has 0 aliphatic carbocycles. The number of β-amino-alcohol motifs (C(OH)–C–C–N with tert-alkyl or cyclic N) is 1. The third-order valence-corrected chi connectivity index (χ3v) is 7.10. The summed E-state index contributed by atoms with van der Waals surface area (Å²) in [5, 5.41) is 13.0. The summed E-state index contributed by atoms with van der Waals surface area (Å²) < 4.78 is 6.29. The summed E-state index contributed by atoms with van der Waals surface area (Å²) in [7, 11) is 0. The van der Waals surface area contributed by atoms with E-state index in [1.807, 2.05) is 30.5 Å². The molecular weight excluding hydrogens is 398 g/mol. The highest BCUT2D eigenvalue weighted by atomic mass is 16.5. The van der Waals surface area contributed by atoms with Crippen molar-refractivity contribution in [3.8, 4) is 5.75 Å². The second kappa shape index (κ2) is 9.99. The Labute approximate surface area is 190 Å². The van der Waals surface area contributed by atoms with Crippen molar-refractivity contribution in [3.63, 3.8) is 0 Å². The second-order valence-corrected chi connectivity index (χ2v) is 9.17. The number of aliphatic hydroxyl groups is 1. The van der Waals surface area contributed by atoms with Gasteiger partial charge in [0.15, 0.2) is 0 Å². The minimum atomic E-state index is -0.461. The highest BCUT2D eigenvalue weighted by Crippen LogP contribution is 2.29. The first-order valence-corrected chi connectivity index (χ1v) is 11.9. The van der Waals surface area contributed by atoms with Crippen molar-refractivity contribution in [2.45, 2.75) is 43.9 Å². The molecule has 0 spiro atoms. The van der Waals surface area contributed by atoms with Crippen LogP contribution in [0.4, 0.5) is 0 Å². The lowest BCUT2D eigenvalue weighted by Gasteiger charge is -2.43. The van der Waals surface area contributed by atoms with Gasteiger partial charge in [-0.1, -0.05) is 42.5 Å². The van der Waals surface area contributed by atoms with Gasteiger partial charge in [0.1, 0.15) is 18.0 Å². The van der Waals surface area contributed by atoms with Crippen molar-refractivity contribution in [1.82, 2.24) is 14.8 Å². The van der Waals surface area contributed by atoms with Crippen molar-refractivity contribution >= 4 is 10.8 Å². The predicted octanol–water partition coefficient (Wildman–Crippen LogP) is 3.76. The number of aromatic nitrogens is 1. The average molecular weight is 432 g/mol. The van der Waals surface area contributed by atoms with E-state index < -0.39 is 6.10 Å². The molecule has 1 N–H and O–H groups in total. The minimum absolute atomic E-state index is 0.157. The second-order valence-electron chi connectivity index (χ2n) is 9.17. The number of piperidine rings is 2. The summed E-state index contributed by atoms with van der Waals surface area (Å²) in [6.45, 7) is 5.12. The number of benzene rings is 2. The van der Waals surface area contributed by atoms with Gasteiger partial charge in [0.2, 0.25) is 0 Å². The summed E-state index contributed by atoms with van der Waals surface area (Å²) in [4.78, 5) is 9.28. The van der Waals surface area contributed by atoms with Crippen molar-refractivity contribution in [2.24, 2.45) is 0 Å². The van der Waals surface area contributed by atoms with Gasteiger partial charge in [-0.25, -0.2) is 0 Å². The molecule has 0 bridgehead atoms. The Bertz CT molecular complexity index is 999. The molecule has 32 heavy (non-hydrogen) atoms. The van der Waals surface area contributed by atoms with E-state index >= 15 is 0 Å². The minimum Gasteiger partial charge on any atom is -0.487 e. The van der Waals surface area contributed by atoms with E-state index in [1.165, 1.54) is 18.4 Å². The van der Waals surface area contributed by atoms with Gasteiger partial charge < -0.3 is 14.7 Å². The maximum absolute atomic E-state index is 10.9. The summed E-state index contributed by atoms with van der Waals surface area (Å²) in [5.41, 5.74) is 1.42. The van der Waals surface area contributed by atoms with Crippen LogP contribution >= 0.6 is 0 Å². The summed E-state index contributed by atoms with van der Waals surface area (Å²) >= 11 is 0. The highest BCUT2D eigenvalue weighted by Gasteiger charge is 2.34. The molecule has 0 radical (unpaired) electrons. The molecule has 2 atom stereocenters. The molecule has 2 aliphatic heterocycles. The van der Waals surface area contributed by atoms with Gasteiger partial charge in [0, 0.05) is 48.8 Å². The summed E-state index contributed by atoms with van der Waals surface area (Å²) in [5.74, 6) is 0.842. The van der Waals surface area contributed by atoms with Gasteiger partial charge in [-0.15, -0.1) is 0 Å². The Morgan fingerprint density at radius 1 is 0.938 bits per heavy atom. The smallest absolute Gasteiger partial charge is 0.127 e. The molecule has 3 heterocycles. The maximum Gasteiger partial charge on any atom is 0.127 e. The zero-order valence-electron chi connectivity index (χ0n) is 18.6. The Hall–Kier alpha value is -2.47. The van der Waals surface area contributed by atoms with E-state index in [4.69, 9.17) is 4.74 Å². The first-order valence-electron chi connectivity index (χ1n) is 11.9. The molecule has 5 heteroatoms. The predicted molar refractivity (Wildman–Crippen MR) is 128 cm³/mol. The molecule has 168 valence electrons. The summed E-state index contributed by atoms with van der Waals surface area (Å²) in [6, 6.07) is 19.3. The standard InChI is InChI=1S/C27H33N3O2/c31-25-20-30(23-11-16-29(17-12-23)15-10-21-5-2-1-3-6-21)18-13-27(25)32-26-8-4-7-22-19-28-14-9-24(22)26/h1-9,14,19,23,25,27,31H,10-13,15-18,20H2/t25-,27-/m1/s1. The van der Waals surface area contributed by atoms with Crippen molar-refractivity contribution < 1.29 is 9.84 Å². The Kier molecular flexibility index (Phi) is 6.67. The first kappa shape index (κ1) is 21.4. The van der Waals surface area contributed by atoms with Gasteiger partial charge in [-0.2, -0.15) is 0 Å². The van der Waals surface area contributed by atoms with Crippen LogP contribution < -0.4 is 4.74 Å². The van der Waals surface area contributed by atoms with Crippen LogP contribution in [0.25, 0.3) is 10.8 Å². The lowest BCUT2D eigenvalue weighted by atomic mass is 9.97.